The van der Waals surface area contributed by atoms with Gasteiger partial charge >= 0.3 is 0 Å². The third kappa shape index (κ3) is 4.92. The van der Waals surface area contributed by atoms with Crippen LogP contribution in [0.2, 0.25) is 0 Å². The van der Waals surface area contributed by atoms with Crippen LogP contribution in [0, 0.1) is 0 Å². The molecular weight excluding hydrogens is 701 g/mol. The average molecular weight is 737 g/mol. The molecule has 0 aliphatic carbocycles. The summed E-state index contributed by atoms with van der Waals surface area (Å²) < 4.78 is 4.88. The first kappa shape index (κ1) is 32.6. The standard InChI is InChI=1S/C56H36N2/c1-4-16-38(17-5-1)48-35-53-55(46-25-12-10-22-43(46)48)56-47-26-13-11-23-44(47)49(39-18-6-2-7-19-39)36-54(56)58(53)42-31-28-37(29-32-42)40-30-33-52-50(34-40)45-24-14-15-27-51(45)57(52)41-20-8-3-9-21-41/h1-36H. The lowest BCUT2D eigenvalue weighted by molar-refractivity contribution is 1.18. The summed E-state index contributed by atoms with van der Waals surface area (Å²) in [5, 5.41) is 10.1. The number of benzene rings is 10. The number of nitrogens with zero attached hydrogens (tertiary/aromatic N) is 2. The summed E-state index contributed by atoms with van der Waals surface area (Å²) in [6, 6.07) is 79.9. The van der Waals surface area contributed by atoms with Gasteiger partial charge in [0.15, 0.2) is 0 Å². The van der Waals surface area contributed by atoms with Gasteiger partial charge in [0.25, 0.3) is 0 Å². The van der Waals surface area contributed by atoms with Crippen LogP contribution < -0.4 is 0 Å². The van der Waals surface area contributed by atoms with E-state index in [-0.39, 0.29) is 0 Å². The molecule has 58 heavy (non-hydrogen) atoms. The Kier molecular flexibility index (Phi) is 7.26. The van der Waals surface area contributed by atoms with Crippen LogP contribution in [-0.4, -0.2) is 9.13 Å². The van der Waals surface area contributed by atoms with Crippen molar-refractivity contribution in [2.45, 2.75) is 0 Å². The molecule has 0 fully saturated rings. The summed E-state index contributed by atoms with van der Waals surface area (Å²) in [6.07, 6.45) is 0. The zero-order chi connectivity index (χ0) is 38.2. The van der Waals surface area contributed by atoms with E-state index in [1.54, 1.807) is 0 Å². The Balaban J connectivity index is 1.11. The Labute approximate surface area is 336 Å². The van der Waals surface area contributed by atoms with Gasteiger partial charge < -0.3 is 9.13 Å². The van der Waals surface area contributed by atoms with Crippen molar-refractivity contribution >= 4 is 65.2 Å². The Hall–Kier alpha value is -7.68. The van der Waals surface area contributed by atoms with E-state index in [0.29, 0.717) is 0 Å². The summed E-state index contributed by atoms with van der Waals surface area (Å²) in [5.41, 5.74) is 14.4. The van der Waals surface area contributed by atoms with Crippen molar-refractivity contribution in [1.82, 2.24) is 9.13 Å². The lowest BCUT2D eigenvalue weighted by Crippen LogP contribution is -1.95. The molecule has 2 aromatic heterocycles. The van der Waals surface area contributed by atoms with Crippen LogP contribution in [0.1, 0.15) is 0 Å². The van der Waals surface area contributed by atoms with E-state index in [0.717, 1.165) is 5.69 Å². The highest BCUT2D eigenvalue weighted by atomic mass is 15.0. The van der Waals surface area contributed by atoms with Crippen molar-refractivity contribution in [1.29, 1.82) is 0 Å². The lowest BCUT2D eigenvalue weighted by atomic mass is 9.92. The van der Waals surface area contributed by atoms with Crippen molar-refractivity contribution in [2.75, 3.05) is 0 Å². The third-order valence-corrected chi connectivity index (χ3v) is 12.1. The van der Waals surface area contributed by atoms with Crippen molar-refractivity contribution in [3.8, 4) is 44.8 Å². The molecule has 0 radical (unpaired) electrons. The number of rotatable bonds is 5. The molecule has 0 unspecified atom stereocenters. The van der Waals surface area contributed by atoms with Crippen LogP contribution >= 0.6 is 0 Å². The topological polar surface area (TPSA) is 9.86 Å². The SMILES string of the molecule is c1ccc(-c2cc3c(c4ccccc24)c2c4ccccc4c(-c4ccccc4)cc2n3-c2ccc(-c3ccc4c(c3)c3ccccc3n4-c3ccccc3)cc2)cc1. The van der Waals surface area contributed by atoms with Gasteiger partial charge in [0.2, 0.25) is 0 Å². The van der Waals surface area contributed by atoms with Crippen molar-refractivity contribution < 1.29 is 0 Å². The first-order chi connectivity index (χ1) is 28.8. The molecule has 0 saturated heterocycles. The van der Waals surface area contributed by atoms with Gasteiger partial charge in [0.1, 0.15) is 0 Å². The summed E-state index contributed by atoms with van der Waals surface area (Å²) in [4.78, 5) is 0. The Morgan fingerprint density at radius 1 is 0.224 bits per heavy atom. The van der Waals surface area contributed by atoms with E-state index >= 15 is 0 Å². The monoisotopic (exact) mass is 736 g/mol. The van der Waals surface area contributed by atoms with Gasteiger partial charge in [-0.05, 0) is 110 Å². The maximum absolute atomic E-state index is 2.50. The summed E-state index contributed by atoms with van der Waals surface area (Å²) in [5.74, 6) is 0. The molecule has 12 aromatic rings. The van der Waals surface area contributed by atoms with Gasteiger partial charge in [0.05, 0.1) is 22.1 Å². The van der Waals surface area contributed by atoms with Crippen LogP contribution in [0.3, 0.4) is 0 Å². The maximum Gasteiger partial charge on any atom is 0.0553 e. The fourth-order valence-electron chi connectivity index (χ4n) is 9.53. The number of hydrogen-bond donors (Lipinski definition) is 0. The number of fused-ring (bicyclic) bond motifs is 10. The van der Waals surface area contributed by atoms with Crippen molar-refractivity contribution in [3.63, 3.8) is 0 Å². The molecule has 270 valence electrons. The minimum absolute atomic E-state index is 1.13. The fraction of sp³-hybridized carbons (Fsp3) is 0. The third-order valence-electron chi connectivity index (χ3n) is 12.1. The van der Waals surface area contributed by atoms with E-state index in [2.05, 4.69) is 228 Å². The predicted molar refractivity (Wildman–Crippen MR) is 246 cm³/mol. The van der Waals surface area contributed by atoms with E-state index in [1.807, 2.05) is 0 Å². The zero-order valence-electron chi connectivity index (χ0n) is 31.7. The van der Waals surface area contributed by atoms with Crippen LogP contribution in [0.5, 0.6) is 0 Å². The van der Waals surface area contributed by atoms with Gasteiger partial charge in [-0.1, -0.05) is 164 Å². The highest BCUT2D eigenvalue weighted by molar-refractivity contribution is 6.31. The van der Waals surface area contributed by atoms with Crippen molar-refractivity contribution in [2.24, 2.45) is 0 Å². The van der Waals surface area contributed by atoms with Crippen molar-refractivity contribution in [3.05, 3.63) is 218 Å². The van der Waals surface area contributed by atoms with Gasteiger partial charge in [-0.2, -0.15) is 0 Å². The largest absolute Gasteiger partial charge is 0.309 e. The Morgan fingerprint density at radius 2 is 0.638 bits per heavy atom. The molecule has 0 aliphatic heterocycles. The molecule has 0 amide bonds. The minimum atomic E-state index is 1.13. The first-order valence-electron chi connectivity index (χ1n) is 20.0. The maximum atomic E-state index is 2.50. The number of aromatic nitrogens is 2. The van der Waals surface area contributed by atoms with Crippen LogP contribution in [-0.2, 0) is 0 Å². The normalized spacial score (nSPS) is 11.8. The highest BCUT2D eigenvalue weighted by Crippen LogP contribution is 2.46. The van der Waals surface area contributed by atoms with Gasteiger partial charge in [-0.15, -0.1) is 0 Å². The van der Waals surface area contributed by atoms with Gasteiger partial charge in [-0.3, -0.25) is 0 Å². The van der Waals surface area contributed by atoms with E-state index in [4.69, 9.17) is 0 Å². The van der Waals surface area contributed by atoms with E-state index in [9.17, 15) is 0 Å². The summed E-state index contributed by atoms with van der Waals surface area (Å²) >= 11 is 0. The predicted octanol–water partition coefficient (Wildman–Crippen LogP) is 15.2. The van der Waals surface area contributed by atoms with Gasteiger partial charge in [0, 0.05) is 32.9 Å². The number of para-hydroxylation sites is 2. The molecule has 10 aromatic carbocycles. The van der Waals surface area contributed by atoms with E-state index in [1.165, 1.54) is 104 Å². The zero-order valence-corrected chi connectivity index (χ0v) is 31.7. The molecule has 12 rings (SSSR count). The Morgan fingerprint density at radius 3 is 1.21 bits per heavy atom. The Bertz CT molecular complexity index is 3380. The second-order valence-electron chi connectivity index (χ2n) is 15.3. The highest BCUT2D eigenvalue weighted by Gasteiger charge is 2.22. The number of hydrogen-bond acceptors (Lipinski definition) is 0. The molecule has 0 aliphatic rings. The molecule has 0 atom stereocenters. The summed E-state index contributed by atoms with van der Waals surface area (Å²) in [7, 11) is 0. The van der Waals surface area contributed by atoms with E-state index < -0.39 is 0 Å². The second-order valence-corrected chi connectivity index (χ2v) is 15.3. The molecule has 0 spiro atoms. The first-order valence-corrected chi connectivity index (χ1v) is 20.0. The second kappa shape index (κ2) is 12.9. The molecule has 0 bridgehead atoms. The quantitative estimate of drug-likeness (QED) is 0.167. The minimum Gasteiger partial charge on any atom is -0.309 e. The van der Waals surface area contributed by atoms with Gasteiger partial charge in [-0.25, -0.2) is 0 Å². The summed E-state index contributed by atoms with van der Waals surface area (Å²) in [6.45, 7) is 0. The van der Waals surface area contributed by atoms with Crippen LogP contribution in [0.4, 0.5) is 0 Å². The molecule has 2 nitrogen and oxygen atoms in total. The fourth-order valence-corrected chi connectivity index (χ4v) is 9.53. The average Bonchev–Trinajstić information content (AvgIpc) is 3.82. The molecular formula is C56H36N2. The molecule has 2 heteroatoms. The smallest absolute Gasteiger partial charge is 0.0553 e. The molecule has 0 saturated carbocycles. The van der Waals surface area contributed by atoms with Crippen LogP contribution in [0.15, 0.2) is 218 Å². The molecule has 2 heterocycles. The lowest BCUT2D eigenvalue weighted by Gasteiger charge is -2.13. The molecule has 0 N–H and O–H groups in total. The van der Waals surface area contributed by atoms with Crippen LogP contribution in [0.25, 0.3) is 110 Å².